The average Bonchev–Trinajstić information content (AvgIpc) is 3.36. The molecule has 0 amide bonds. The smallest absolute Gasteiger partial charge is 0.191 e. The first-order chi connectivity index (χ1) is 12.8. The molecule has 0 aliphatic rings. The van der Waals surface area contributed by atoms with E-state index in [1.807, 2.05) is 29.1 Å². The standard InChI is InChI=1S/C20H25N5O/c1-2-21-20(23-14-11-19-5-3-16-26-19)22-13-10-17-6-8-18(9-7-17)25-15-4-12-24-25/h3-9,12,15-16H,2,10-11,13-14H2,1H3,(H2,21,22,23). The van der Waals surface area contributed by atoms with Crippen LogP contribution >= 0.6 is 0 Å². The first kappa shape index (κ1) is 17.8. The molecule has 0 saturated carbocycles. The van der Waals surface area contributed by atoms with Gasteiger partial charge in [0.25, 0.3) is 0 Å². The summed E-state index contributed by atoms with van der Waals surface area (Å²) in [6.45, 7) is 4.43. The highest BCUT2D eigenvalue weighted by Crippen LogP contribution is 2.08. The van der Waals surface area contributed by atoms with E-state index in [0.717, 1.165) is 43.3 Å². The van der Waals surface area contributed by atoms with Crippen molar-refractivity contribution in [1.82, 2.24) is 20.4 Å². The Hall–Kier alpha value is -3.02. The van der Waals surface area contributed by atoms with Crippen molar-refractivity contribution in [2.45, 2.75) is 19.8 Å². The molecule has 0 radical (unpaired) electrons. The van der Waals surface area contributed by atoms with Crippen LogP contribution < -0.4 is 10.6 Å². The van der Waals surface area contributed by atoms with Gasteiger partial charge in [-0.15, -0.1) is 0 Å². The minimum atomic E-state index is 0.696. The second-order valence-corrected chi connectivity index (χ2v) is 5.88. The minimum absolute atomic E-state index is 0.696. The molecule has 0 fully saturated rings. The lowest BCUT2D eigenvalue weighted by Gasteiger charge is -2.11. The second-order valence-electron chi connectivity index (χ2n) is 5.88. The van der Waals surface area contributed by atoms with Crippen LogP contribution in [0.5, 0.6) is 0 Å². The molecular weight excluding hydrogens is 326 g/mol. The molecule has 3 rings (SSSR count). The van der Waals surface area contributed by atoms with Crippen LogP contribution in [0, 0.1) is 0 Å². The van der Waals surface area contributed by atoms with Gasteiger partial charge in [-0.1, -0.05) is 12.1 Å². The monoisotopic (exact) mass is 351 g/mol. The van der Waals surface area contributed by atoms with E-state index in [0.29, 0.717) is 6.54 Å². The lowest BCUT2D eigenvalue weighted by Crippen LogP contribution is -2.38. The normalized spacial score (nSPS) is 11.5. The molecule has 0 aliphatic carbocycles. The molecule has 2 N–H and O–H groups in total. The molecule has 136 valence electrons. The van der Waals surface area contributed by atoms with Crippen LogP contribution in [0.4, 0.5) is 0 Å². The van der Waals surface area contributed by atoms with E-state index in [4.69, 9.17) is 4.42 Å². The maximum absolute atomic E-state index is 5.33. The van der Waals surface area contributed by atoms with Gasteiger partial charge in [-0.05, 0) is 49.2 Å². The second kappa shape index (κ2) is 9.46. The molecular formula is C20H25N5O. The summed E-state index contributed by atoms with van der Waals surface area (Å²) in [5.41, 5.74) is 2.35. The molecule has 6 nitrogen and oxygen atoms in total. The highest BCUT2D eigenvalue weighted by atomic mass is 16.3. The fraction of sp³-hybridized carbons (Fsp3) is 0.300. The van der Waals surface area contributed by atoms with E-state index in [1.165, 1.54) is 5.56 Å². The van der Waals surface area contributed by atoms with E-state index in [9.17, 15) is 0 Å². The number of rotatable bonds is 8. The van der Waals surface area contributed by atoms with Crippen molar-refractivity contribution >= 4 is 5.96 Å². The number of nitrogens with one attached hydrogen (secondary N) is 2. The van der Waals surface area contributed by atoms with Crippen LogP contribution in [-0.2, 0) is 12.8 Å². The zero-order valence-corrected chi connectivity index (χ0v) is 15.1. The fourth-order valence-corrected chi connectivity index (χ4v) is 2.64. The van der Waals surface area contributed by atoms with Crippen LogP contribution in [0.15, 0.2) is 70.5 Å². The van der Waals surface area contributed by atoms with Crippen molar-refractivity contribution < 1.29 is 4.42 Å². The largest absolute Gasteiger partial charge is 0.469 e. The summed E-state index contributed by atoms with van der Waals surface area (Å²) >= 11 is 0. The number of nitrogens with zero attached hydrogens (tertiary/aromatic N) is 3. The Kier molecular flexibility index (Phi) is 6.47. The predicted octanol–water partition coefficient (Wildman–Crippen LogP) is 2.81. The van der Waals surface area contributed by atoms with Gasteiger partial charge in [0, 0.05) is 38.4 Å². The number of hydrogen-bond donors (Lipinski definition) is 2. The summed E-state index contributed by atoms with van der Waals surface area (Å²) in [7, 11) is 0. The Morgan fingerprint density at radius 3 is 2.69 bits per heavy atom. The van der Waals surface area contributed by atoms with E-state index in [1.54, 1.807) is 12.5 Å². The van der Waals surface area contributed by atoms with Crippen molar-refractivity contribution in [3.63, 3.8) is 0 Å². The van der Waals surface area contributed by atoms with Gasteiger partial charge in [-0.25, -0.2) is 4.68 Å². The van der Waals surface area contributed by atoms with E-state index in [2.05, 4.69) is 51.9 Å². The molecule has 2 heterocycles. The zero-order chi connectivity index (χ0) is 18.0. The van der Waals surface area contributed by atoms with Gasteiger partial charge in [0.2, 0.25) is 0 Å². The number of aromatic nitrogens is 2. The number of benzene rings is 1. The Labute approximate surface area is 153 Å². The van der Waals surface area contributed by atoms with Gasteiger partial charge in [-0.2, -0.15) is 5.10 Å². The molecule has 0 spiro atoms. The Morgan fingerprint density at radius 2 is 2.00 bits per heavy atom. The van der Waals surface area contributed by atoms with Crippen molar-refractivity contribution in [3.8, 4) is 5.69 Å². The maximum Gasteiger partial charge on any atom is 0.191 e. The van der Waals surface area contributed by atoms with E-state index >= 15 is 0 Å². The summed E-state index contributed by atoms with van der Waals surface area (Å²) in [5.74, 6) is 1.80. The zero-order valence-electron chi connectivity index (χ0n) is 15.1. The molecule has 0 unspecified atom stereocenters. The van der Waals surface area contributed by atoms with Crippen LogP contribution in [0.25, 0.3) is 5.69 Å². The quantitative estimate of drug-likeness (QED) is 0.484. The molecule has 0 atom stereocenters. The summed E-state index contributed by atoms with van der Waals surface area (Å²) < 4.78 is 7.19. The summed E-state index contributed by atoms with van der Waals surface area (Å²) in [5, 5.41) is 10.9. The average molecular weight is 351 g/mol. The maximum atomic E-state index is 5.33. The summed E-state index contributed by atoms with van der Waals surface area (Å²) in [6, 6.07) is 14.3. The van der Waals surface area contributed by atoms with Crippen LogP contribution in [0.1, 0.15) is 18.2 Å². The first-order valence-electron chi connectivity index (χ1n) is 8.98. The van der Waals surface area contributed by atoms with Crippen LogP contribution in [0.3, 0.4) is 0 Å². The molecule has 0 saturated heterocycles. The van der Waals surface area contributed by atoms with Gasteiger partial charge in [0.1, 0.15) is 5.76 Å². The minimum Gasteiger partial charge on any atom is -0.469 e. The lowest BCUT2D eigenvalue weighted by molar-refractivity contribution is 0.510. The van der Waals surface area contributed by atoms with E-state index < -0.39 is 0 Å². The summed E-state index contributed by atoms with van der Waals surface area (Å²) in [4.78, 5) is 4.59. The SMILES string of the molecule is CCNC(=NCCc1ccco1)NCCc1ccc(-n2cccn2)cc1. The lowest BCUT2D eigenvalue weighted by atomic mass is 10.1. The number of furan rings is 1. The van der Waals surface area contributed by atoms with Crippen LogP contribution in [0.2, 0.25) is 0 Å². The molecule has 3 aromatic rings. The summed E-state index contributed by atoms with van der Waals surface area (Å²) in [6.07, 6.45) is 7.16. The number of aliphatic imine (C=N–C) groups is 1. The van der Waals surface area contributed by atoms with Gasteiger partial charge in [0.05, 0.1) is 12.0 Å². The number of hydrogen-bond acceptors (Lipinski definition) is 3. The Bertz CT molecular complexity index is 776. The van der Waals surface area contributed by atoms with Crippen LogP contribution in [-0.4, -0.2) is 35.4 Å². The molecule has 1 aromatic carbocycles. The van der Waals surface area contributed by atoms with Gasteiger partial charge < -0.3 is 15.1 Å². The third-order valence-electron chi connectivity index (χ3n) is 3.96. The highest BCUT2D eigenvalue weighted by molar-refractivity contribution is 5.79. The van der Waals surface area contributed by atoms with E-state index in [-0.39, 0.29) is 0 Å². The number of guanidine groups is 1. The fourth-order valence-electron chi connectivity index (χ4n) is 2.64. The van der Waals surface area contributed by atoms with Crippen molar-refractivity contribution in [1.29, 1.82) is 0 Å². The third-order valence-corrected chi connectivity index (χ3v) is 3.96. The van der Waals surface area contributed by atoms with Crippen molar-refractivity contribution in [2.24, 2.45) is 4.99 Å². The molecule has 26 heavy (non-hydrogen) atoms. The van der Waals surface area contributed by atoms with Crippen molar-refractivity contribution in [2.75, 3.05) is 19.6 Å². The van der Waals surface area contributed by atoms with Crippen molar-refractivity contribution in [3.05, 3.63) is 72.4 Å². The molecule has 0 bridgehead atoms. The molecule has 6 heteroatoms. The van der Waals surface area contributed by atoms with Gasteiger partial charge >= 0.3 is 0 Å². The third kappa shape index (κ3) is 5.24. The topological polar surface area (TPSA) is 67.4 Å². The Morgan fingerprint density at radius 1 is 1.12 bits per heavy atom. The molecule has 2 aromatic heterocycles. The highest BCUT2D eigenvalue weighted by Gasteiger charge is 2.00. The van der Waals surface area contributed by atoms with Gasteiger partial charge in [0.15, 0.2) is 5.96 Å². The first-order valence-corrected chi connectivity index (χ1v) is 8.98. The Balaban J connectivity index is 1.46. The van der Waals surface area contributed by atoms with Gasteiger partial charge in [-0.3, -0.25) is 4.99 Å². The predicted molar refractivity (Wildman–Crippen MR) is 104 cm³/mol. The molecule has 0 aliphatic heterocycles.